The lowest BCUT2D eigenvalue weighted by molar-refractivity contribution is 0.619. The zero-order valence-electron chi connectivity index (χ0n) is 9.04. The monoisotopic (exact) mass is 234 g/mol. The highest BCUT2D eigenvalue weighted by Crippen LogP contribution is 2.22. The zero-order chi connectivity index (χ0) is 11.7. The summed E-state index contributed by atoms with van der Waals surface area (Å²) in [5, 5.41) is 0. The molecule has 2 nitrogen and oxygen atoms in total. The Morgan fingerprint density at radius 3 is 2.75 bits per heavy atom. The van der Waals surface area contributed by atoms with Gasteiger partial charge in [-0.3, -0.25) is 0 Å². The lowest BCUT2D eigenvalue weighted by Gasteiger charge is -2.06. The molecule has 4 heteroatoms. The highest BCUT2D eigenvalue weighted by molar-refractivity contribution is 7.71. The summed E-state index contributed by atoms with van der Waals surface area (Å²) in [5.41, 5.74) is 3.10. The fourth-order valence-corrected chi connectivity index (χ4v) is 1.67. The van der Waals surface area contributed by atoms with E-state index in [1.807, 2.05) is 13.0 Å². The van der Waals surface area contributed by atoms with Crippen molar-refractivity contribution in [2.75, 3.05) is 0 Å². The average molecular weight is 234 g/mol. The van der Waals surface area contributed by atoms with Crippen LogP contribution in [0.3, 0.4) is 0 Å². The van der Waals surface area contributed by atoms with Crippen LogP contribution >= 0.6 is 12.2 Å². The van der Waals surface area contributed by atoms with E-state index in [9.17, 15) is 4.39 Å². The van der Waals surface area contributed by atoms with Gasteiger partial charge in [0.1, 0.15) is 10.5 Å². The number of benzene rings is 1. The molecule has 16 heavy (non-hydrogen) atoms. The zero-order valence-corrected chi connectivity index (χ0v) is 9.86. The van der Waals surface area contributed by atoms with E-state index in [-0.39, 0.29) is 5.82 Å². The maximum Gasteiger partial charge on any atom is 0.132 e. The van der Waals surface area contributed by atoms with Crippen LogP contribution in [0.5, 0.6) is 0 Å². The molecule has 0 saturated heterocycles. The quantitative estimate of drug-likeness (QED) is 0.764. The Balaban J connectivity index is 2.63. The number of nitrogens with zero attached hydrogens (tertiary/aromatic N) is 1. The molecule has 2 rings (SSSR count). The van der Waals surface area contributed by atoms with Crippen molar-refractivity contribution in [2.24, 2.45) is 0 Å². The Kier molecular flexibility index (Phi) is 2.83. The van der Waals surface area contributed by atoms with Gasteiger partial charge in [-0.2, -0.15) is 0 Å². The molecule has 0 unspecified atom stereocenters. The normalized spacial score (nSPS) is 10.4. The van der Waals surface area contributed by atoms with Crippen molar-refractivity contribution in [3.05, 3.63) is 46.1 Å². The van der Waals surface area contributed by atoms with Crippen molar-refractivity contribution in [1.82, 2.24) is 9.97 Å². The van der Waals surface area contributed by atoms with E-state index in [1.165, 1.54) is 12.4 Å². The second-order valence-electron chi connectivity index (χ2n) is 3.67. The summed E-state index contributed by atoms with van der Waals surface area (Å²) in [6.45, 7) is 3.61. The van der Waals surface area contributed by atoms with E-state index in [0.717, 1.165) is 16.8 Å². The molecule has 0 aliphatic heterocycles. The number of aryl methyl sites for hydroxylation is 1. The van der Waals surface area contributed by atoms with Gasteiger partial charge in [-0.1, -0.05) is 24.4 Å². The summed E-state index contributed by atoms with van der Waals surface area (Å²) in [7, 11) is 0. The molecule has 1 heterocycles. The van der Waals surface area contributed by atoms with Crippen LogP contribution in [0.25, 0.3) is 11.3 Å². The van der Waals surface area contributed by atoms with Gasteiger partial charge in [0.25, 0.3) is 0 Å². The molecule has 1 aromatic carbocycles. The third kappa shape index (κ3) is 1.88. The molecule has 0 saturated carbocycles. The fraction of sp³-hybridized carbons (Fsp3) is 0.167. The predicted octanol–water partition coefficient (Wildman–Crippen LogP) is 3.56. The van der Waals surface area contributed by atoms with Gasteiger partial charge in [-0.25, -0.2) is 9.37 Å². The molecule has 0 radical (unpaired) electrons. The molecular formula is C12H11FN2S. The highest BCUT2D eigenvalue weighted by atomic mass is 32.1. The Labute approximate surface area is 98.2 Å². The van der Waals surface area contributed by atoms with Crippen molar-refractivity contribution in [3.63, 3.8) is 0 Å². The van der Waals surface area contributed by atoms with Crippen molar-refractivity contribution in [2.45, 2.75) is 13.8 Å². The second-order valence-corrected chi connectivity index (χ2v) is 4.06. The fourth-order valence-electron chi connectivity index (χ4n) is 1.52. The van der Waals surface area contributed by atoms with Crippen molar-refractivity contribution in [3.8, 4) is 11.3 Å². The van der Waals surface area contributed by atoms with Gasteiger partial charge in [0.2, 0.25) is 0 Å². The first-order valence-electron chi connectivity index (χ1n) is 4.90. The molecule has 1 N–H and O–H groups in total. The molecule has 0 atom stereocenters. The van der Waals surface area contributed by atoms with Crippen molar-refractivity contribution < 1.29 is 4.39 Å². The SMILES string of the molecule is Cc1ccc(-c2[nH]cnc(=S)c2C)cc1F. The van der Waals surface area contributed by atoms with E-state index < -0.39 is 0 Å². The summed E-state index contributed by atoms with van der Waals surface area (Å²) in [5.74, 6) is -0.215. The van der Waals surface area contributed by atoms with E-state index >= 15 is 0 Å². The Morgan fingerprint density at radius 2 is 2.06 bits per heavy atom. The van der Waals surface area contributed by atoms with Gasteiger partial charge >= 0.3 is 0 Å². The first kappa shape index (κ1) is 11.0. The molecule has 1 aromatic heterocycles. The number of hydrogen-bond acceptors (Lipinski definition) is 2. The lowest BCUT2D eigenvalue weighted by Crippen LogP contribution is -1.93. The number of halogens is 1. The number of nitrogens with one attached hydrogen (secondary N) is 1. The summed E-state index contributed by atoms with van der Waals surface area (Å²) >= 11 is 5.07. The van der Waals surface area contributed by atoms with Crippen LogP contribution in [-0.2, 0) is 0 Å². The van der Waals surface area contributed by atoms with Crippen LogP contribution in [-0.4, -0.2) is 9.97 Å². The van der Waals surface area contributed by atoms with E-state index in [4.69, 9.17) is 12.2 Å². The minimum absolute atomic E-state index is 0.215. The van der Waals surface area contributed by atoms with Crippen LogP contribution < -0.4 is 0 Å². The number of hydrogen-bond donors (Lipinski definition) is 1. The van der Waals surface area contributed by atoms with Crippen molar-refractivity contribution >= 4 is 12.2 Å². The largest absolute Gasteiger partial charge is 0.346 e. The molecule has 0 aliphatic rings. The van der Waals surface area contributed by atoms with Gasteiger partial charge in [0.05, 0.1) is 12.0 Å². The third-order valence-electron chi connectivity index (χ3n) is 2.55. The number of aromatic amines is 1. The Bertz CT molecular complexity index is 590. The molecule has 0 spiro atoms. The smallest absolute Gasteiger partial charge is 0.132 e. The van der Waals surface area contributed by atoms with Crippen LogP contribution in [0.1, 0.15) is 11.1 Å². The van der Waals surface area contributed by atoms with Gasteiger partial charge in [0.15, 0.2) is 0 Å². The number of aromatic nitrogens is 2. The maximum atomic E-state index is 13.4. The molecule has 0 aliphatic carbocycles. The van der Waals surface area contributed by atoms with E-state index in [2.05, 4.69) is 9.97 Å². The summed E-state index contributed by atoms with van der Waals surface area (Å²) < 4.78 is 14.0. The van der Waals surface area contributed by atoms with E-state index in [1.54, 1.807) is 13.0 Å². The molecule has 2 aromatic rings. The first-order valence-corrected chi connectivity index (χ1v) is 5.31. The lowest BCUT2D eigenvalue weighted by atomic mass is 10.1. The molecule has 0 bridgehead atoms. The first-order chi connectivity index (χ1) is 7.59. The second kappa shape index (κ2) is 4.14. The summed E-state index contributed by atoms with van der Waals surface area (Å²) in [6, 6.07) is 5.12. The Hall–Kier alpha value is -1.55. The van der Waals surface area contributed by atoms with Crippen LogP contribution in [0.2, 0.25) is 0 Å². The summed E-state index contributed by atoms with van der Waals surface area (Å²) in [6.07, 6.45) is 1.53. The summed E-state index contributed by atoms with van der Waals surface area (Å²) in [4.78, 5) is 6.97. The van der Waals surface area contributed by atoms with Gasteiger partial charge in [-0.05, 0) is 25.5 Å². The minimum Gasteiger partial charge on any atom is -0.346 e. The molecule has 0 amide bonds. The van der Waals surface area contributed by atoms with Gasteiger partial charge < -0.3 is 4.98 Å². The molecule has 82 valence electrons. The van der Waals surface area contributed by atoms with Crippen molar-refractivity contribution in [1.29, 1.82) is 0 Å². The van der Waals surface area contributed by atoms with Crippen LogP contribution in [0.15, 0.2) is 24.5 Å². The number of rotatable bonds is 1. The van der Waals surface area contributed by atoms with Crippen LogP contribution in [0, 0.1) is 24.3 Å². The standard InChI is InChI=1S/C12H11FN2S/c1-7-3-4-9(5-10(7)13)11-8(2)12(16)15-6-14-11/h3-6H,1-2H3,(H,14,15,16). The molecular weight excluding hydrogens is 223 g/mol. The Morgan fingerprint density at radius 1 is 1.31 bits per heavy atom. The van der Waals surface area contributed by atoms with Gasteiger partial charge in [-0.15, -0.1) is 0 Å². The third-order valence-corrected chi connectivity index (χ3v) is 2.96. The maximum absolute atomic E-state index is 13.4. The predicted molar refractivity (Wildman–Crippen MR) is 64.3 cm³/mol. The van der Waals surface area contributed by atoms with Gasteiger partial charge in [0, 0.05) is 11.1 Å². The van der Waals surface area contributed by atoms with E-state index in [0.29, 0.717) is 10.2 Å². The van der Waals surface area contributed by atoms with Crippen LogP contribution in [0.4, 0.5) is 4.39 Å². The topological polar surface area (TPSA) is 28.7 Å². The minimum atomic E-state index is -0.215. The molecule has 0 fully saturated rings. The number of H-pyrrole nitrogens is 1. The highest BCUT2D eigenvalue weighted by Gasteiger charge is 2.06. The average Bonchev–Trinajstić information content (AvgIpc) is 2.26.